The summed E-state index contributed by atoms with van der Waals surface area (Å²) in [6.07, 6.45) is 1.92. The standard InChI is InChI=1S/C15H18O2/c1-10(2)8-12-13(9-16)14(12)15(17)11-6-4-3-5-7-11/h3-7,9-10,12-14H,8H2,1-2H3/t12-,13-,14+/m1/s1. The van der Waals surface area contributed by atoms with E-state index < -0.39 is 0 Å². The smallest absolute Gasteiger partial charge is 0.166 e. The van der Waals surface area contributed by atoms with Crippen molar-refractivity contribution in [3.8, 4) is 0 Å². The van der Waals surface area contributed by atoms with Crippen molar-refractivity contribution in [2.75, 3.05) is 0 Å². The maximum atomic E-state index is 12.2. The highest BCUT2D eigenvalue weighted by atomic mass is 16.1. The van der Waals surface area contributed by atoms with Gasteiger partial charge in [-0.3, -0.25) is 4.79 Å². The molecular formula is C15H18O2. The van der Waals surface area contributed by atoms with E-state index in [0.717, 1.165) is 18.3 Å². The van der Waals surface area contributed by atoms with Gasteiger partial charge in [-0.15, -0.1) is 0 Å². The van der Waals surface area contributed by atoms with Crippen LogP contribution in [0.2, 0.25) is 0 Å². The molecule has 1 aliphatic rings. The molecule has 1 fully saturated rings. The summed E-state index contributed by atoms with van der Waals surface area (Å²) in [5.41, 5.74) is 0.732. The minimum atomic E-state index is -0.0719. The molecule has 0 saturated heterocycles. The van der Waals surface area contributed by atoms with Gasteiger partial charge in [0.15, 0.2) is 5.78 Å². The molecule has 0 aromatic heterocycles. The normalized spacial score (nSPS) is 26.9. The van der Waals surface area contributed by atoms with E-state index >= 15 is 0 Å². The van der Waals surface area contributed by atoms with E-state index in [1.54, 1.807) is 0 Å². The first-order valence-corrected chi connectivity index (χ1v) is 6.19. The zero-order valence-corrected chi connectivity index (χ0v) is 10.3. The van der Waals surface area contributed by atoms with Crippen molar-refractivity contribution in [1.82, 2.24) is 0 Å². The fourth-order valence-electron chi connectivity index (χ4n) is 2.60. The van der Waals surface area contributed by atoms with Gasteiger partial charge < -0.3 is 4.79 Å². The fraction of sp³-hybridized carbons (Fsp3) is 0.467. The van der Waals surface area contributed by atoms with Crippen LogP contribution in [0.4, 0.5) is 0 Å². The molecular weight excluding hydrogens is 212 g/mol. The minimum absolute atomic E-state index is 0.0508. The van der Waals surface area contributed by atoms with Gasteiger partial charge in [-0.05, 0) is 18.3 Å². The van der Waals surface area contributed by atoms with Gasteiger partial charge in [-0.25, -0.2) is 0 Å². The second-order valence-corrected chi connectivity index (χ2v) is 5.26. The van der Waals surface area contributed by atoms with Gasteiger partial charge >= 0.3 is 0 Å². The van der Waals surface area contributed by atoms with Crippen molar-refractivity contribution >= 4 is 12.1 Å². The van der Waals surface area contributed by atoms with Gasteiger partial charge in [0.2, 0.25) is 0 Å². The molecule has 1 saturated carbocycles. The molecule has 0 N–H and O–H groups in total. The van der Waals surface area contributed by atoms with Crippen molar-refractivity contribution in [2.24, 2.45) is 23.7 Å². The third-order valence-electron chi connectivity index (χ3n) is 3.49. The summed E-state index contributed by atoms with van der Waals surface area (Å²) in [5.74, 6) is 0.812. The number of ketones is 1. The van der Waals surface area contributed by atoms with Crippen LogP contribution < -0.4 is 0 Å². The predicted molar refractivity (Wildman–Crippen MR) is 66.8 cm³/mol. The van der Waals surface area contributed by atoms with Crippen LogP contribution in [0.1, 0.15) is 30.6 Å². The maximum absolute atomic E-state index is 12.2. The first-order chi connectivity index (χ1) is 8.15. The van der Waals surface area contributed by atoms with Crippen molar-refractivity contribution in [1.29, 1.82) is 0 Å². The Kier molecular flexibility index (Phi) is 3.41. The monoisotopic (exact) mass is 230 g/mol. The van der Waals surface area contributed by atoms with Crippen LogP contribution in [0, 0.1) is 23.7 Å². The van der Waals surface area contributed by atoms with Gasteiger partial charge in [0.1, 0.15) is 6.29 Å². The molecule has 1 aromatic carbocycles. The van der Waals surface area contributed by atoms with E-state index in [0.29, 0.717) is 5.92 Å². The largest absolute Gasteiger partial charge is 0.303 e. The van der Waals surface area contributed by atoms with Gasteiger partial charge in [-0.2, -0.15) is 0 Å². The van der Waals surface area contributed by atoms with Crippen LogP contribution in [0.3, 0.4) is 0 Å². The van der Waals surface area contributed by atoms with Crippen LogP contribution >= 0.6 is 0 Å². The van der Waals surface area contributed by atoms with Gasteiger partial charge in [-0.1, -0.05) is 44.2 Å². The molecule has 0 aliphatic heterocycles. The van der Waals surface area contributed by atoms with Gasteiger partial charge in [0.25, 0.3) is 0 Å². The number of benzene rings is 1. The van der Waals surface area contributed by atoms with Crippen molar-refractivity contribution in [2.45, 2.75) is 20.3 Å². The molecule has 1 aliphatic carbocycles. The fourth-order valence-corrected chi connectivity index (χ4v) is 2.60. The Morgan fingerprint density at radius 3 is 2.47 bits per heavy atom. The molecule has 2 nitrogen and oxygen atoms in total. The number of Topliss-reactive ketones (excluding diaryl/α,β-unsaturated/α-hetero) is 1. The highest BCUT2D eigenvalue weighted by Gasteiger charge is 2.54. The number of hydrogen-bond acceptors (Lipinski definition) is 2. The quantitative estimate of drug-likeness (QED) is 0.575. The molecule has 0 heterocycles. The average Bonchev–Trinajstić information content (AvgIpc) is 3.01. The molecule has 0 amide bonds. The van der Waals surface area contributed by atoms with E-state index in [4.69, 9.17) is 0 Å². The van der Waals surface area contributed by atoms with Crippen LogP contribution in [0.15, 0.2) is 30.3 Å². The van der Waals surface area contributed by atoms with Crippen LogP contribution in [0.5, 0.6) is 0 Å². The highest BCUT2D eigenvalue weighted by molar-refractivity contribution is 6.02. The molecule has 1 aromatic rings. The third kappa shape index (κ3) is 2.46. The number of carbonyl (C=O) groups excluding carboxylic acids is 2. The molecule has 2 rings (SSSR count). The Morgan fingerprint density at radius 1 is 1.29 bits per heavy atom. The molecule has 0 bridgehead atoms. The maximum Gasteiger partial charge on any atom is 0.166 e. The Morgan fingerprint density at radius 2 is 1.94 bits per heavy atom. The Hall–Kier alpha value is -1.44. The van der Waals surface area contributed by atoms with Crippen LogP contribution in [-0.4, -0.2) is 12.1 Å². The topological polar surface area (TPSA) is 34.1 Å². The number of hydrogen-bond donors (Lipinski definition) is 0. The zero-order chi connectivity index (χ0) is 12.4. The summed E-state index contributed by atoms with van der Waals surface area (Å²) < 4.78 is 0. The lowest BCUT2D eigenvalue weighted by Crippen LogP contribution is -2.05. The number of rotatable bonds is 5. The second kappa shape index (κ2) is 4.82. The first kappa shape index (κ1) is 12.0. The van der Waals surface area contributed by atoms with Gasteiger partial charge in [0, 0.05) is 17.4 Å². The minimum Gasteiger partial charge on any atom is -0.303 e. The summed E-state index contributed by atoms with van der Waals surface area (Å²) in [6, 6.07) is 9.28. The Bertz CT molecular complexity index is 408. The lowest BCUT2D eigenvalue weighted by molar-refractivity contribution is -0.109. The highest BCUT2D eigenvalue weighted by Crippen LogP contribution is 2.50. The summed E-state index contributed by atoms with van der Waals surface area (Å²) in [6.45, 7) is 4.26. The number of carbonyl (C=O) groups is 2. The third-order valence-corrected chi connectivity index (χ3v) is 3.49. The lowest BCUT2D eigenvalue weighted by atomic mass is 10.0. The first-order valence-electron chi connectivity index (χ1n) is 6.19. The van der Waals surface area contributed by atoms with E-state index in [-0.39, 0.29) is 23.5 Å². The Balaban J connectivity index is 2.08. The molecule has 0 radical (unpaired) electrons. The zero-order valence-electron chi connectivity index (χ0n) is 10.3. The van der Waals surface area contributed by atoms with Crippen molar-refractivity contribution in [3.05, 3.63) is 35.9 Å². The van der Waals surface area contributed by atoms with Gasteiger partial charge in [0.05, 0.1) is 0 Å². The SMILES string of the molecule is CC(C)C[C@@H]1[C@@H](C=O)[C@H]1C(=O)c1ccccc1. The molecule has 3 atom stereocenters. The molecule has 0 unspecified atom stereocenters. The summed E-state index contributed by atoms with van der Waals surface area (Å²) in [5, 5.41) is 0. The van der Waals surface area contributed by atoms with E-state index in [1.807, 2.05) is 30.3 Å². The summed E-state index contributed by atoms with van der Waals surface area (Å²) in [7, 11) is 0. The van der Waals surface area contributed by atoms with E-state index in [2.05, 4.69) is 13.8 Å². The summed E-state index contributed by atoms with van der Waals surface area (Å²) in [4.78, 5) is 23.2. The lowest BCUT2D eigenvalue weighted by Gasteiger charge is -2.02. The molecule has 90 valence electrons. The van der Waals surface area contributed by atoms with Crippen molar-refractivity contribution in [3.63, 3.8) is 0 Å². The molecule has 0 spiro atoms. The average molecular weight is 230 g/mol. The number of aldehydes is 1. The predicted octanol–water partition coefficient (Wildman–Crippen LogP) is 2.98. The van der Waals surface area contributed by atoms with E-state index in [9.17, 15) is 9.59 Å². The Labute approximate surface area is 102 Å². The van der Waals surface area contributed by atoms with E-state index in [1.165, 1.54) is 0 Å². The van der Waals surface area contributed by atoms with Crippen molar-refractivity contribution < 1.29 is 9.59 Å². The molecule has 2 heteroatoms. The second-order valence-electron chi connectivity index (χ2n) is 5.26. The van der Waals surface area contributed by atoms with Crippen LogP contribution in [-0.2, 0) is 4.79 Å². The molecule has 17 heavy (non-hydrogen) atoms. The van der Waals surface area contributed by atoms with Crippen LogP contribution in [0.25, 0.3) is 0 Å². The summed E-state index contributed by atoms with van der Waals surface area (Å²) >= 11 is 0.